The fourth-order valence-corrected chi connectivity index (χ4v) is 4.91. The van der Waals surface area contributed by atoms with Gasteiger partial charge in [0.2, 0.25) is 0 Å². The Morgan fingerprint density at radius 1 is 1.26 bits per heavy atom. The first-order valence-electron chi connectivity index (χ1n) is 7.41. The van der Waals surface area contributed by atoms with Crippen molar-refractivity contribution in [2.24, 2.45) is 5.92 Å². The molecule has 0 amide bonds. The molecule has 1 aliphatic rings. The molecule has 1 nitrogen and oxygen atoms in total. The van der Waals surface area contributed by atoms with Crippen molar-refractivity contribution >= 4 is 19.7 Å². The normalized spacial score (nSPS) is 17.5. The van der Waals surface area contributed by atoms with Crippen LogP contribution in [0.4, 0.5) is 0 Å². The van der Waals surface area contributed by atoms with Crippen LogP contribution >= 0.6 is 11.6 Å². The minimum atomic E-state index is -1.03. The number of benzene rings is 1. The van der Waals surface area contributed by atoms with Gasteiger partial charge in [-0.3, -0.25) is 0 Å². The average Bonchev–Trinajstić information content (AvgIpc) is 3.11. The monoisotopic (exact) mass is 295 g/mol. The van der Waals surface area contributed by atoms with Crippen LogP contribution in [0.1, 0.15) is 18.4 Å². The zero-order chi connectivity index (χ0) is 13.9. The SMILES string of the molecule is C[Si](C)(C)CC(CNC1CC1)Cc1ccccc1Cl. The van der Waals surface area contributed by atoms with E-state index in [1.165, 1.54) is 24.4 Å². The van der Waals surface area contributed by atoms with Gasteiger partial charge in [0.25, 0.3) is 0 Å². The van der Waals surface area contributed by atoms with Gasteiger partial charge < -0.3 is 5.32 Å². The van der Waals surface area contributed by atoms with Gasteiger partial charge in [0.1, 0.15) is 0 Å². The lowest BCUT2D eigenvalue weighted by Gasteiger charge is -2.25. The third kappa shape index (κ3) is 5.68. The van der Waals surface area contributed by atoms with Crippen LogP contribution in [0.15, 0.2) is 24.3 Å². The molecule has 1 N–H and O–H groups in total. The van der Waals surface area contributed by atoms with Crippen molar-refractivity contribution in [3.63, 3.8) is 0 Å². The molecule has 0 aliphatic heterocycles. The van der Waals surface area contributed by atoms with Crippen LogP contribution in [-0.4, -0.2) is 20.7 Å². The second-order valence-corrected chi connectivity index (χ2v) is 13.0. The van der Waals surface area contributed by atoms with E-state index in [2.05, 4.69) is 37.1 Å². The van der Waals surface area contributed by atoms with Crippen LogP contribution in [-0.2, 0) is 6.42 Å². The van der Waals surface area contributed by atoms with Crippen LogP contribution in [0.25, 0.3) is 0 Å². The highest BCUT2D eigenvalue weighted by Gasteiger charge is 2.25. The smallest absolute Gasteiger partial charge is 0.0446 e. The summed E-state index contributed by atoms with van der Waals surface area (Å²) in [6.45, 7) is 8.54. The molecule has 3 heteroatoms. The highest BCUT2D eigenvalue weighted by atomic mass is 35.5. The summed E-state index contributed by atoms with van der Waals surface area (Å²) in [5.74, 6) is 0.729. The molecule has 1 fully saturated rings. The van der Waals surface area contributed by atoms with E-state index in [-0.39, 0.29) is 0 Å². The number of hydrogen-bond acceptors (Lipinski definition) is 1. The van der Waals surface area contributed by atoms with Gasteiger partial charge in [-0.15, -0.1) is 0 Å². The summed E-state index contributed by atoms with van der Waals surface area (Å²) < 4.78 is 0. The van der Waals surface area contributed by atoms with E-state index in [1.54, 1.807) is 0 Å². The lowest BCUT2D eigenvalue weighted by Crippen LogP contribution is -2.32. The number of hydrogen-bond donors (Lipinski definition) is 1. The fraction of sp³-hybridized carbons (Fsp3) is 0.625. The van der Waals surface area contributed by atoms with Crippen molar-refractivity contribution in [3.8, 4) is 0 Å². The van der Waals surface area contributed by atoms with Gasteiger partial charge in [0.05, 0.1) is 0 Å². The summed E-state index contributed by atoms with van der Waals surface area (Å²) >= 11 is 6.31. The van der Waals surface area contributed by atoms with Crippen LogP contribution < -0.4 is 5.32 Å². The Kier molecular flexibility index (Phi) is 5.10. The molecule has 0 radical (unpaired) electrons. The fourth-order valence-electron chi connectivity index (χ4n) is 2.68. The van der Waals surface area contributed by atoms with Gasteiger partial charge in [0.15, 0.2) is 0 Å². The maximum Gasteiger partial charge on any atom is 0.0446 e. The summed E-state index contributed by atoms with van der Waals surface area (Å²) in [7, 11) is -1.03. The van der Waals surface area contributed by atoms with Crippen LogP contribution in [0.3, 0.4) is 0 Å². The number of nitrogens with one attached hydrogen (secondary N) is 1. The molecule has 0 bridgehead atoms. The van der Waals surface area contributed by atoms with Gasteiger partial charge in [0, 0.05) is 19.1 Å². The Hall–Kier alpha value is -0.313. The summed E-state index contributed by atoms with van der Waals surface area (Å²) in [4.78, 5) is 0. The van der Waals surface area contributed by atoms with E-state index in [0.29, 0.717) is 0 Å². The molecule has 0 saturated heterocycles. The molecule has 0 aromatic heterocycles. The second-order valence-electron chi connectivity index (χ2n) is 7.11. The average molecular weight is 296 g/mol. The Balaban J connectivity index is 1.97. The molecule has 1 atom stereocenters. The highest BCUT2D eigenvalue weighted by molar-refractivity contribution is 6.76. The Morgan fingerprint density at radius 3 is 2.53 bits per heavy atom. The summed E-state index contributed by atoms with van der Waals surface area (Å²) in [5, 5.41) is 4.62. The lowest BCUT2D eigenvalue weighted by molar-refractivity contribution is 0.504. The molecule has 2 rings (SSSR count). The zero-order valence-electron chi connectivity index (χ0n) is 12.4. The maximum atomic E-state index is 6.31. The van der Waals surface area contributed by atoms with Gasteiger partial charge in [-0.25, -0.2) is 0 Å². The van der Waals surface area contributed by atoms with E-state index in [1.807, 2.05) is 12.1 Å². The van der Waals surface area contributed by atoms with Gasteiger partial charge in [-0.2, -0.15) is 0 Å². The van der Waals surface area contributed by atoms with E-state index in [0.717, 1.165) is 29.9 Å². The van der Waals surface area contributed by atoms with Crippen LogP contribution in [0.2, 0.25) is 30.7 Å². The van der Waals surface area contributed by atoms with Gasteiger partial charge >= 0.3 is 0 Å². The third-order valence-corrected chi connectivity index (χ3v) is 5.81. The second kappa shape index (κ2) is 6.42. The van der Waals surface area contributed by atoms with Crippen molar-refractivity contribution in [1.82, 2.24) is 5.32 Å². The topological polar surface area (TPSA) is 12.0 Å². The minimum Gasteiger partial charge on any atom is -0.314 e. The van der Waals surface area contributed by atoms with Crippen molar-refractivity contribution in [2.75, 3.05) is 6.54 Å². The van der Waals surface area contributed by atoms with Crippen LogP contribution in [0.5, 0.6) is 0 Å². The maximum absolute atomic E-state index is 6.31. The highest BCUT2D eigenvalue weighted by Crippen LogP contribution is 2.26. The number of rotatable bonds is 7. The van der Waals surface area contributed by atoms with Crippen molar-refractivity contribution < 1.29 is 0 Å². The molecule has 1 aliphatic carbocycles. The van der Waals surface area contributed by atoms with E-state index in [9.17, 15) is 0 Å². The first-order chi connectivity index (χ1) is 8.94. The lowest BCUT2D eigenvalue weighted by atomic mass is 10.0. The first kappa shape index (κ1) is 15.1. The van der Waals surface area contributed by atoms with Crippen molar-refractivity contribution in [1.29, 1.82) is 0 Å². The third-order valence-electron chi connectivity index (χ3n) is 3.64. The van der Waals surface area contributed by atoms with E-state index in [4.69, 9.17) is 11.6 Å². The molecule has 19 heavy (non-hydrogen) atoms. The Bertz CT molecular complexity index is 409. The summed E-state index contributed by atoms with van der Waals surface area (Å²) in [6, 6.07) is 10.5. The molecule has 0 heterocycles. The van der Waals surface area contributed by atoms with E-state index < -0.39 is 8.07 Å². The molecule has 1 aromatic rings. The molecule has 106 valence electrons. The zero-order valence-corrected chi connectivity index (χ0v) is 14.1. The van der Waals surface area contributed by atoms with Gasteiger partial charge in [-0.05, 0) is 43.4 Å². The largest absolute Gasteiger partial charge is 0.314 e. The van der Waals surface area contributed by atoms with Gasteiger partial charge in [-0.1, -0.05) is 55.5 Å². The predicted molar refractivity (Wildman–Crippen MR) is 87.8 cm³/mol. The van der Waals surface area contributed by atoms with Crippen molar-refractivity contribution in [2.45, 2.75) is 51.0 Å². The molecular weight excluding hydrogens is 270 g/mol. The molecule has 1 saturated carbocycles. The molecular formula is C16H26ClNSi. The standard InChI is InChI=1S/C16H26ClNSi/c1-19(2,3)12-13(11-18-15-8-9-15)10-14-6-4-5-7-16(14)17/h4-7,13,15,18H,8-12H2,1-3H3. The molecule has 1 aromatic carbocycles. The van der Waals surface area contributed by atoms with Crippen molar-refractivity contribution in [3.05, 3.63) is 34.9 Å². The Morgan fingerprint density at radius 2 is 1.95 bits per heavy atom. The Labute approximate surface area is 123 Å². The molecule has 0 spiro atoms. The minimum absolute atomic E-state index is 0.729. The predicted octanol–water partition coefficient (Wildman–Crippen LogP) is 4.59. The first-order valence-corrected chi connectivity index (χ1v) is 11.5. The summed E-state index contributed by atoms with van der Waals surface area (Å²) in [5.41, 5.74) is 1.31. The van der Waals surface area contributed by atoms with Crippen LogP contribution in [0, 0.1) is 5.92 Å². The van der Waals surface area contributed by atoms with E-state index >= 15 is 0 Å². The number of halogens is 1. The molecule has 1 unspecified atom stereocenters. The quantitative estimate of drug-likeness (QED) is 0.726. The summed E-state index contributed by atoms with van der Waals surface area (Å²) in [6.07, 6.45) is 3.85.